The highest BCUT2D eigenvalue weighted by Crippen LogP contribution is 2.31. The van der Waals surface area contributed by atoms with Crippen molar-refractivity contribution in [2.45, 2.75) is 64.3 Å². The minimum atomic E-state index is -0.465. The first kappa shape index (κ1) is 21.6. The molecule has 1 amide bonds. The van der Waals surface area contributed by atoms with E-state index >= 15 is 0 Å². The van der Waals surface area contributed by atoms with E-state index in [0.717, 1.165) is 30.4 Å². The summed E-state index contributed by atoms with van der Waals surface area (Å²) in [4.78, 5) is 11.6. The highest BCUT2D eigenvalue weighted by atomic mass is 16.5. The maximum Gasteiger partial charge on any atom is 0.262 e. The quantitative estimate of drug-likeness (QED) is 0.611. The van der Waals surface area contributed by atoms with E-state index < -0.39 is 6.10 Å². The van der Waals surface area contributed by atoms with Crippen molar-refractivity contribution in [2.24, 2.45) is 0 Å². The zero-order valence-electron chi connectivity index (χ0n) is 17.2. The van der Waals surface area contributed by atoms with Crippen LogP contribution in [-0.2, 0) is 16.0 Å². The summed E-state index contributed by atoms with van der Waals surface area (Å²) in [6.07, 6.45) is 6.89. The Morgan fingerprint density at radius 3 is 2.90 bits per heavy atom. The number of aliphatic hydroxyl groups excluding tert-OH is 2. The number of aliphatic hydroxyl groups is 2. The van der Waals surface area contributed by atoms with Gasteiger partial charge in [0.2, 0.25) is 0 Å². The van der Waals surface area contributed by atoms with Crippen LogP contribution in [0.3, 0.4) is 0 Å². The van der Waals surface area contributed by atoms with Crippen LogP contribution in [0.2, 0.25) is 0 Å². The third kappa shape index (κ3) is 5.69. The smallest absolute Gasteiger partial charge is 0.262 e. The number of amides is 1. The first-order valence-electron chi connectivity index (χ1n) is 10.4. The van der Waals surface area contributed by atoms with E-state index in [-0.39, 0.29) is 31.3 Å². The van der Waals surface area contributed by atoms with Gasteiger partial charge in [0.15, 0.2) is 6.61 Å². The number of fused-ring (bicyclic) bond motifs is 1. The van der Waals surface area contributed by atoms with Gasteiger partial charge in [-0.3, -0.25) is 4.79 Å². The fourth-order valence-electron chi connectivity index (χ4n) is 3.96. The van der Waals surface area contributed by atoms with Crippen LogP contribution in [0, 0.1) is 0 Å². The van der Waals surface area contributed by atoms with E-state index in [1.165, 1.54) is 5.57 Å². The first-order valence-corrected chi connectivity index (χ1v) is 10.4. The van der Waals surface area contributed by atoms with E-state index in [1.807, 2.05) is 31.2 Å². The van der Waals surface area contributed by atoms with Gasteiger partial charge in [-0.2, -0.15) is 0 Å². The predicted molar refractivity (Wildman–Crippen MR) is 112 cm³/mol. The number of hydrogen-bond acceptors (Lipinski definition) is 5. The van der Waals surface area contributed by atoms with E-state index in [1.54, 1.807) is 0 Å². The van der Waals surface area contributed by atoms with Gasteiger partial charge in [0, 0.05) is 12.8 Å². The van der Waals surface area contributed by atoms with Gasteiger partial charge >= 0.3 is 0 Å². The van der Waals surface area contributed by atoms with Crippen molar-refractivity contribution in [3.8, 4) is 5.75 Å². The van der Waals surface area contributed by atoms with Crippen molar-refractivity contribution in [3.63, 3.8) is 0 Å². The molecule has 3 unspecified atom stereocenters. The van der Waals surface area contributed by atoms with Gasteiger partial charge in [0.1, 0.15) is 5.75 Å². The van der Waals surface area contributed by atoms with Gasteiger partial charge < -0.3 is 25.0 Å². The molecule has 1 saturated heterocycles. The van der Waals surface area contributed by atoms with Crippen molar-refractivity contribution in [3.05, 3.63) is 47.1 Å². The molecule has 6 nitrogen and oxygen atoms in total. The van der Waals surface area contributed by atoms with Crippen LogP contribution in [0.4, 0.5) is 5.69 Å². The second kappa shape index (κ2) is 10.1. The minimum absolute atomic E-state index is 0.0556. The zero-order chi connectivity index (χ0) is 20.8. The van der Waals surface area contributed by atoms with Gasteiger partial charge in [-0.15, -0.1) is 0 Å². The van der Waals surface area contributed by atoms with Crippen molar-refractivity contribution >= 4 is 11.6 Å². The lowest BCUT2D eigenvalue weighted by Gasteiger charge is -2.33. The van der Waals surface area contributed by atoms with Crippen LogP contribution in [0.1, 0.15) is 45.1 Å². The van der Waals surface area contributed by atoms with Crippen molar-refractivity contribution in [1.82, 2.24) is 0 Å². The largest absolute Gasteiger partial charge is 0.482 e. The average Bonchev–Trinajstić information content (AvgIpc) is 2.71. The van der Waals surface area contributed by atoms with Crippen LogP contribution < -0.4 is 10.1 Å². The molecule has 1 aromatic rings. The molecule has 2 heterocycles. The maximum absolute atomic E-state index is 11.6. The molecule has 0 aliphatic carbocycles. The van der Waals surface area contributed by atoms with Crippen LogP contribution in [0.15, 0.2) is 41.5 Å². The molecular formula is C23H31NO5. The highest BCUT2D eigenvalue weighted by Gasteiger charge is 2.29. The zero-order valence-corrected chi connectivity index (χ0v) is 17.2. The Bertz CT molecular complexity index is 785. The molecular weight excluding hydrogens is 370 g/mol. The molecule has 1 fully saturated rings. The standard InChI is InChI=1S/C23H31NO5/c1-3-5-15(8-16-6-7-21-20(10-16)24-23(27)14-28-21)9-17(4-2)22-12-18(26)11-19(13-25)29-22/h4,6-7,9-10,18-19,22,25-26H,3,5,8,11-14H2,1-2H3,(H,24,27)/b15-9+,17-4+. The molecule has 0 spiro atoms. The van der Waals surface area contributed by atoms with Gasteiger partial charge in [0.25, 0.3) is 5.91 Å². The lowest BCUT2D eigenvalue weighted by molar-refractivity contribution is -0.118. The van der Waals surface area contributed by atoms with Gasteiger partial charge in [0.05, 0.1) is 30.6 Å². The Morgan fingerprint density at radius 1 is 1.34 bits per heavy atom. The summed E-state index contributed by atoms with van der Waals surface area (Å²) in [7, 11) is 0. The number of allylic oxidation sites excluding steroid dienone is 2. The molecule has 2 aliphatic rings. The molecule has 3 rings (SSSR count). The molecule has 0 saturated carbocycles. The summed E-state index contributed by atoms with van der Waals surface area (Å²) in [6, 6.07) is 5.89. The maximum atomic E-state index is 11.6. The van der Waals surface area contributed by atoms with Gasteiger partial charge in [-0.05, 0) is 43.0 Å². The number of rotatable bonds is 7. The molecule has 3 N–H and O–H groups in total. The fraction of sp³-hybridized carbons (Fsp3) is 0.522. The lowest BCUT2D eigenvalue weighted by Crippen LogP contribution is -2.38. The van der Waals surface area contributed by atoms with E-state index in [9.17, 15) is 15.0 Å². The summed E-state index contributed by atoms with van der Waals surface area (Å²) < 4.78 is 11.4. The van der Waals surface area contributed by atoms with E-state index in [2.05, 4.69) is 18.3 Å². The molecule has 2 aliphatic heterocycles. The molecule has 158 valence electrons. The Labute approximate surface area is 172 Å². The van der Waals surface area contributed by atoms with Crippen LogP contribution in [-0.4, -0.2) is 47.6 Å². The molecule has 29 heavy (non-hydrogen) atoms. The van der Waals surface area contributed by atoms with Crippen LogP contribution >= 0.6 is 0 Å². The Balaban J connectivity index is 1.78. The molecule has 1 aromatic carbocycles. The summed E-state index contributed by atoms with van der Waals surface area (Å²) in [5.74, 6) is 0.560. The summed E-state index contributed by atoms with van der Waals surface area (Å²) in [6.45, 7) is 4.09. The number of hydrogen-bond donors (Lipinski definition) is 3. The minimum Gasteiger partial charge on any atom is -0.482 e. The number of anilines is 1. The van der Waals surface area contributed by atoms with E-state index in [4.69, 9.17) is 9.47 Å². The fourth-order valence-corrected chi connectivity index (χ4v) is 3.96. The SMILES string of the molecule is C/C=C(\C=C(/CCC)Cc1ccc2c(c1)NC(=O)CO2)C1CC(O)CC(CO)O1. The lowest BCUT2D eigenvalue weighted by atomic mass is 9.92. The molecule has 3 atom stereocenters. The number of benzene rings is 1. The Morgan fingerprint density at radius 2 is 2.17 bits per heavy atom. The van der Waals surface area contributed by atoms with Crippen molar-refractivity contribution in [2.75, 3.05) is 18.5 Å². The van der Waals surface area contributed by atoms with Crippen LogP contribution in [0.5, 0.6) is 5.75 Å². The number of nitrogens with one attached hydrogen (secondary N) is 1. The molecule has 0 radical (unpaired) electrons. The summed E-state index contributed by atoms with van der Waals surface area (Å²) in [5.41, 5.74) is 4.10. The normalized spacial score (nSPS) is 25.2. The second-order valence-corrected chi connectivity index (χ2v) is 7.74. The monoisotopic (exact) mass is 401 g/mol. The average molecular weight is 402 g/mol. The number of carbonyl (C=O) groups excluding carboxylic acids is 1. The Hall–Kier alpha value is -2.15. The van der Waals surface area contributed by atoms with Crippen LogP contribution in [0.25, 0.3) is 0 Å². The molecule has 6 heteroatoms. The molecule has 0 aromatic heterocycles. The first-order chi connectivity index (χ1) is 14.0. The predicted octanol–water partition coefficient (Wildman–Crippen LogP) is 3.13. The van der Waals surface area contributed by atoms with Gasteiger partial charge in [-0.25, -0.2) is 0 Å². The molecule has 0 bridgehead atoms. The Kier molecular flexibility index (Phi) is 7.47. The second-order valence-electron chi connectivity index (χ2n) is 7.74. The van der Waals surface area contributed by atoms with E-state index in [0.29, 0.717) is 24.3 Å². The summed E-state index contributed by atoms with van der Waals surface area (Å²) in [5, 5.41) is 22.5. The number of carbonyl (C=O) groups is 1. The number of ether oxygens (including phenoxy) is 2. The third-order valence-corrected chi connectivity index (χ3v) is 5.34. The van der Waals surface area contributed by atoms with Crippen molar-refractivity contribution < 1.29 is 24.5 Å². The topological polar surface area (TPSA) is 88.0 Å². The van der Waals surface area contributed by atoms with Gasteiger partial charge in [-0.1, -0.05) is 37.1 Å². The highest BCUT2D eigenvalue weighted by molar-refractivity contribution is 5.95. The van der Waals surface area contributed by atoms with Crippen molar-refractivity contribution in [1.29, 1.82) is 0 Å². The third-order valence-electron chi connectivity index (χ3n) is 5.34. The summed E-state index contributed by atoms with van der Waals surface area (Å²) >= 11 is 0.